The summed E-state index contributed by atoms with van der Waals surface area (Å²) in [5.74, 6) is 1.55. The molecule has 0 aliphatic carbocycles. The second kappa shape index (κ2) is 6.78. The van der Waals surface area contributed by atoms with Crippen molar-refractivity contribution in [3.05, 3.63) is 58.6 Å². The first kappa shape index (κ1) is 16.1. The molecule has 0 spiro atoms. The number of carbonyl (C=O) groups excluding carboxylic acids is 1. The summed E-state index contributed by atoms with van der Waals surface area (Å²) in [5, 5.41) is 0. The summed E-state index contributed by atoms with van der Waals surface area (Å²) in [4.78, 5) is 25.3. The molecule has 6 heteroatoms. The van der Waals surface area contributed by atoms with Crippen LogP contribution in [0.1, 0.15) is 12.7 Å². The van der Waals surface area contributed by atoms with Gasteiger partial charge in [0.05, 0.1) is 19.2 Å². The normalized spacial score (nSPS) is 15.5. The Labute approximate surface area is 139 Å². The molecule has 0 radical (unpaired) electrons. The Morgan fingerprint density at radius 1 is 1.21 bits per heavy atom. The maximum Gasteiger partial charge on any atom is 0.339 e. The molecule has 1 aliphatic rings. The van der Waals surface area contributed by atoms with E-state index in [2.05, 4.69) is 0 Å². The molecule has 0 bridgehead atoms. The molecule has 2 heterocycles. The second-order valence-corrected chi connectivity index (χ2v) is 5.78. The molecule has 0 unspecified atom stereocenters. The third-order valence-corrected chi connectivity index (χ3v) is 3.73. The molecule has 1 atom stereocenters. The van der Waals surface area contributed by atoms with Crippen LogP contribution in [0.5, 0.6) is 11.5 Å². The first-order valence-corrected chi connectivity index (χ1v) is 7.80. The van der Waals surface area contributed by atoms with Gasteiger partial charge in [0.25, 0.3) is 5.91 Å². The average Bonchev–Trinajstić information content (AvgIpc) is 2.50. The van der Waals surface area contributed by atoms with Gasteiger partial charge >= 0.3 is 5.63 Å². The first-order valence-electron chi connectivity index (χ1n) is 7.80. The second-order valence-electron chi connectivity index (χ2n) is 5.78. The number of hydrogen-bond acceptors (Lipinski definition) is 5. The van der Waals surface area contributed by atoms with E-state index in [0.29, 0.717) is 30.3 Å². The van der Waals surface area contributed by atoms with E-state index >= 15 is 0 Å². The zero-order chi connectivity index (χ0) is 17.1. The maximum absolute atomic E-state index is 12.3. The monoisotopic (exact) mass is 329 g/mol. The van der Waals surface area contributed by atoms with Gasteiger partial charge in [-0.2, -0.15) is 0 Å². The Morgan fingerprint density at radius 3 is 2.58 bits per heavy atom. The molecular weight excluding hydrogens is 310 g/mol. The van der Waals surface area contributed by atoms with Crippen molar-refractivity contribution in [1.29, 1.82) is 0 Å². The number of amides is 1. The quantitative estimate of drug-likeness (QED) is 0.839. The van der Waals surface area contributed by atoms with Crippen LogP contribution in [0.2, 0.25) is 0 Å². The van der Waals surface area contributed by atoms with E-state index in [4.69, 9.17) is 13.9 Å². The highest BCUT2D eigenvalue weighted by Gasteiger charge is 2.35. The molecule has 6 nitrogen and oxygen atoms in total. The first-order chi connectivity index (χ1) is 11.5. The van der Waals surface area contributed by atoms with E-state index in [0.717, 1.165) is 0 Å². The van der Waals surface area contributed by atoms with Gasteiger partial charge in [-0.05, 0) is 26.0 Å². The average molecular weight is 329 g/mol. The van der Waals surface area contributed by atoms with Crippen molar-refractivity contribution in [3.63, 3.8) is 0 Å². The van der Waals surface area contributed by atoms with Gasteiger partial charge in [-0.3, -0.25) is 4.79 Å². The largest absolute Gasteiger partial charge is 0.486 e. The van der Waals surface area contributed by atoms with E-state index in [-0.39, 0.29) is 12.0 Å². The minimum Gasteiger partial charge on any atom is -0.486 e. The van der Waals surface area contributed by atoms with E-state index in [1.165, 1.54) is 6.07 Å². The standard InChI is InChI=1S/C18H19NO5/c1-12-8-15(9-17(20)22-12)24-16-10-19(11-16)18(21)13(2)23-14-6-4-3-5-7-14/h3-9,13,16H,10-11H2,1-2H3/t13-/m0/s1. The number of carbonyl (C=O) groups is 1. The van der Waals surface area contributed by atoms with Crippen molar-refractivity contribution in [2.75, 3.05) is 13.1 Å². The van der Waals surface area contributed by atoms with Gasteiger partial charge < -0.3 is 18.8 Å². The molecule has 1 fully saturated rings. The van der Waals surface area contributed by atoms with Crippen molar-refractivity contribution in [1.82, 2.24) is 4.90 Å². The third kappa shape index (κ3) is 3.76. The number of para-hydroxylation sites is 1. The molecular formula is C18H19NO5. The van der Waals surface area contributed by atoms with Crippen LogP contribution in [0.15, 0.2) is 51.7 Å². The molecule has 1 saturated heterocycles. The Bertz CT molecular complexity index is 764. The Balaban J connectivity index is 1.50. The molecule has 0 saturated carbocycles. The number of hydrogen-bond donors (Lipinski definition) is 0. The fourth-order valence-electron chi connectivity index (χ4n) is 2.54. The molecule has 1 aromatic carbocycles. The van der Waals surface area contributed by atoms with Crippen molar-refractivity contribution < 1.29 is 18.7 Å². The van der Waals surface area contributed by atoms with Gasteiger partial charge in [0.15, 0.2) is 6.10 Å². The van der Waals surface area contributed by atoms with Gasteiger partial charge in [-0.15, -0.1) is 0 Å². The highest BCUT2D eigenvalue weighted by molar-refractivity contribution is 5.81. The van der Waals surface area contributed by atoms with Crippen molar-refractivity contribution >= 4 is 5.91 Å². The van der Waals surface area contributed by atoms with Crippen molar-refractivity contribution in [2.24, 2.45) is 0 Å². The lowest BCUT2D eigenvalue weighted by Crippen LogP contribution is -2.58. The highest BCUT2D eigenvalue weighted by Crippen LogP contribution is 2.20. The number of likely N-dealkylation sites (tertiary alicyclic amines) is 1. The summed E-state index contributed by atoms with van der Waals surface area (Å²) in [6.07, 6.45) is -0.682. The van der Waals surface area contributed by atoms with Gasteiger partial charge in [0.1, 0.15) is 23.4 Å². The zero-order valence-electron chi connectivity index (χ0n) is 13.6. The predicted molar refractivity (Wildman–Crippen MR) is 87.2 cm³/mol. The summed E-state index contributed by atoms with van der Waals surface area (Å²) in [7, 11) is 0. The lowest BCUT2D eigenvalue weighted by molar-refractivity contribution is -0.146. The molecule has 0 N–H and O–H groups in total. The van der Waals surface area contributed by atoms with E-state index in [1.807, 2.05) is 30.3 Å². The van der Waals surface area contributed by atoms with Crippen molar-refractivity contribution in [3.8, 4) is 11.5 Å². The van der Waals surface area contributed by atoms with Gasteiger partial charge in [0, 0.05) is 6.07 Å². The predicted octanol–water partition coefficient (Wildman–Crippen LogP) is 2.01. The molecule has 24 heavy (non-hydrogen) atoms. The van der Waals surface area contributed by atoms with Gasteiger partial charge in [-0.1, -0.05) is 18.2 Å². The van der Waals surface area contributed by atoms with Gasteiger partial charge in [0.2, 0.25) is 0 Å². The minimum absolute atomic E-state index is 0.0811. The molecule has 2 aromatic rings. The van der Waals surface area contributed by atoms with Crippen LogP contribution in [0.4, 0.5) is 0 Å². The minimum atomic E-state index is -0.556. The molecule has 3 rings (SSSR count). The number of rotatable bonds is 5. The van der Waals surface area contributed by atoms with Crippen LogP contribution in [0.3, 0.4) is 0 Å². The van der Waals surface area contributed by atoms with Gasteiger partial charge in [-0.25, -0.2) is 4.79 Å². The maximum atomic E-state index is 12.3. The lowest BCUT2D eigenvalue weighted by atomic mass is 10.1. The zero-order valence-corrected chi connectivity index (χ0v) is 13.6. The Morgan fingerprint density at radius 2 is 1.92 bits per heavy atom. The van der Waals surface area contributed by atoms with E-state index in [9.17, 15) is 9.59 Å². The molecule has 126 valence electrons. The van der Waals surface area contributed by atoms with E-state index in [1.54, 1.807) is 24.8 Å². The van der Waals surface area contributed by atoms with Crippen LogP contribution in [0.25, 0.3) is 0 Å². The number of aryl methyl sites for hydroxylation is 1. The topological polar surface area (TPSA) is 69.0 Å². The lowest BCUT2D eigenvalue weighted by Gasteiger charge is -2.40. The molecule has 1 aromatic heterocycles. The summed E-state index contributed by atoms with van der Waals surface area (Å²) < 4.78 is 16.2. The van der Waals surface area contributed by atoms with Crippen LogP contribution in [-0.2, 0) is 4.79 Å². The summed E-state index contributed by atoms with van der Waals surface area (Å²) in [6, 6.07) is 12.2. The van der Waals surface area contributed by atoms with Crippen molar-refractivity contribution in [2.45, 2.75) is 26.1 Å². The number of benzene rings is 1. The van der Waals surface area contributed by atoms with Crippen LogP contribution < -0.4 is 15.1 Å². The van der Waals surface area contributed by atoms with E-state index < -0.39 is 11.7 Å². The molecule has 1 amide bonds. The number of nitrogens with zero attached hydrogens (tertiary/aromatic N) is 1. The fourth-order valence-corrected chi connectivity index (χ4v) is 2.54. The molecule has 1 aliphatic heterocycles. The third-order valence-electron chi connectivity index (χ3n) is 3.73. The Hall–Kier alpha value is -2.76. The summed E-state index contributed by atoms with van der Waals surface area (Å²) in [5.41, 5.74) is -0.442. The highest BCUT2D eigenvalue weighted by atomic mass is 16.5. The number of ether oxygens (including phenoxy) is 2. The van der Waals surface area contributed by atoms with Crippen LogP contribution >= 0.6 is 0 Å². The van der Waals surface area contributed by atoms with Crippen LogP contribution in [0, 0.1) is 6.92 Å². The Kier molecular flexibility index (Phi) is 4.55. The summed E-state index contributed by atoms with van der Waals surface area (Å²) in [6.45, 7) is 4.37. The fraction of sp³-hybridized carbons (Fsp3) is 0.333. The summed E-state index contributed by atoms with van der Waals surface area (Å²) >= 11 is 0. The van der Waals surface area contributed by atoms with Crippen LogP contribution in [-0.4, -0.2) is 36.1 Å². The SMILES string of the molecule is Cc1cc(OC2CN(C(=O)[C@H](C)Oc3ccccc3)C2)cc(=O)o1. The smallest absolute Gasteiger partial charge is 0.339 e.